The molecule has 0 aliphatic carbocycles. The molecule has 1 fully saturated rings. The number of amides is 1. The molecule has 1 aromatic rings. The van der Waals surface area contributed by atoms with Gasteiger partial charge in [0.15, 0.2) is 4.75 Å². The van der Waals surface area contributed by atoms with Crippen LogP contribution in [0.25, 0.3) is 0 Å². The van der Waals surface area contributed by atoms with Gasteiger partial charge < -0.3 is 5.32 Å². The van der Waals surface area contributed by atoms with E-state index < -0.39 is 14.8 Å². The lowest BCUT2D eigenvalue weighted by Crippen LogP contribution is -2.66. The van der Waals surface area contributed by atoms with Gasteiger partial charge in [0.05, 0.1) is 6.54 Å². The SMILES string of the molecule is CCCNc1cc(CN2C(=O)C(C)(C)S2(=O)=O)ccn1. The van der Waals surface area contributed by atoms with Crippen LogP contribution in [0.5, 0.6) is 0 Å². The van der Waals surface area contributed by atoms with Gasteiger partial charge in [0, 0.05) is 12.7 Å². The second kappa shape index (κ2) is 5.05. The summed E-state index contributed by atoms with van der Waals surface area (Å²) in [5, 5.41) is 3.13. The minimum atomic E-state index is -3.53. The fraction of sp³-hybridized carbons (Fsp3) is 0.538. The van der Waals surface area contributed by atoms with Crippen molar-refractivity contribution < 1.29 is 13.2 Å². The third-order valence-electron chi connectivity index (χ3n) is 3.38. The molecule has 0 saturated carbocycles. The van der Waals surface area contributed by atoms with Crippen LogP contribution in [-0.2, 0) is 21.4 Å². The van der Waals surface area contributed by atoms with Crippen molar-refractivity contribution in [1.29, 1.82) is 0 Å². The Hall–Kier alpha value is -1.63. The van der Waals surface area contributed by atoms with Gasteiger partial charge in [0.2, 0.25) is 0 Å². The number of anilines is 1. The molecule has 2 rings (SSSR count). The fourth-order valence-electron chi connectivity index (χ4n) is 2.00. The van der Waals surface area contributed by atoms with Gasteiger partial charge in [-0.25, -0.2) is 17.7 Å². The van der Waals surface area contributed by atoms with E-state index in [1.165, 1.54) is 13.8 Å². The van der Waals surface area contributed by atoms with Crippen LogP contribution < -0.4 is 5.32 Å². The number of pyridine rings is 1. The van der Waals surface area contributed by atoms with Crippen LogP contribution in [0.15, 0.2) is 18.3 Å². The quantitative estimate of drug-likeness (QED) is 0.887. The van der Waals surface area contributed by atoms with E-state index >= 15 is 0 Å². The molecule has 0 spiro atoms. The Bertz CT molecular complexity index is 626. The fourth-order valence-corrected chi connectivity index (χ4v) is 3.52. The molecule has 0 unspecified atom stereocenters. The summed E-state index contributed by atoms with van der Waals surface area (Å²) in [5.74, 6) is 0.325. The summed E-state index contributed by atoms with van der Waals surface area (Å²) in [6, 6.07) is 3.48. The summed E-state index contributed by atoms with van der Waals surface area (Å²) in [6.07, 6.45) is 2.58. The Labute approximate surface area is 119 Å². The van der Waals surface area contributed by atoms with Crippen LogP contribution in [0.2, 0.25) is 0 Å². The maximum atomic E-state index is 12.0. The first-order valence-electron chi connectivity index (χ1n) is 6.56. The van der Waals surface area contributed by atoms with Gasteiger partial charge >= 0.3 is 0 Å². The maximum Gasteiger partial charge on any atom is 0.259 e. The van der Waals surface area contributed by atoms with E-state index in [0.717, 1.165) is 22.8 Å². The molecular weight excluding hydrogens is 278 g/mol. The normalized spacial score (nSPS) is 19.6. The highest BCUT2D eigenvalue weighted by Crippen LogP contribution is 2.36. The number of nitrogens with one attached hydrogen (secondary N) is 1. The average molecular weight is 297 g/mol. The minimum absolute atomic E-state index is 0.0634. The molecule has 1 aliphatic rings. The third-order valence-corrected chi connectivity index (χ3v) is 5.72. The number of aromatic nitrogens is 1. The summed E-state index contributed by atoms with van der Waals surface area (Å²) >= 11 is 0. The monoisotopic (exact) mass is 297 g/mol. The van der Waals surface area contributed by atoms with Crippen LogP contribution in [-0.4, -0.2) is 34.9 Å². The van der Waals surface area contributed by atoms with E-state index in [1.807, 2.05) is 6.92 Å². The molecule has 1 aromatic heterocycles. The van der Waals surface area contributed by atoms with Crippen LogP contribution in [0.3, 0.4) is 0 Å². The van der Waals surface area contributed by atoms with Crippen molar-refractivity contribution in [1.82, 2.24) is 9.29 Å². The molecule has 0 bridgehead atoms. The zero-order valence-corrected chi connectivity index (χ0v) is 12.7. The van der Waals surface area contributed by atoms with Crippen molar-refractivity contribution in [3.8, 4) is 0 Å². The van der Waals surface area contributed by atoms with Gasteiger partial charge in [-0.15, -0.1) is 0 Å². The van der Waals surface area contributed by atoms with Crippen molar-refractivity contribution in [2.45, 2.75) is 38.5 Å². The van der Waals surface area contributed by atoms with Crippen LogP contribution >= 0.6 is 0 Å². The predicted molar refractivity (Wildman–Crippen MR) is 76.6 cm³/mol. The molecule has 0 radical (unpaired) electrons. The van der Waals surface area contributed by atoms with Gasteiger partial charge in [0.25, 0.3) is 15.9 Å². The highest BCUT2D eigenvalue weighted by molar-refractivity contribution is 7.94. The largest absolute Gasteiger partial charge is 0.370 e. The molecule has 110 valence electrons. The molecule has 0 aromatic carbocycles. The predicted octanol–water partition coefficient (Wildman–Crippen LogP) is 1.35. The van der Waals surface area contributed by atoms with Crippen molar-refractivity contribution in [3.05, 3.63) is 23.9 Å². The van der Waals surface area contributed by atoms with Crippen molar-refractivity contribution >= 4 is 21.7 Å². The topological polar surface area (TPSA) is 79.4 Å². The van der Waals surface area contributed by atoms with E-state index in [0.29, 0.717) is 5.82 Å². The molecule has 1 aliphatic heterocycles. The number of rotatable bonds is 5. The van der Waals surface area contributed by atoms with Crippen molar-refractivity contribution in [2.75, 3.05) is 11.9 Å². The molecule has 2 heterocycles. The summed E-state index contributed by atoms with van der Waals surface area (Å²) in [7, 11) is -3.53. The van der Waals surface area contributed by atoms with Crippen LogP contribution in [0.4, 0.5) is 5.82 Å². The number of carbonyl (C=O) groups is 1. The zero-order valence-electron chi connectivity index (χ0n) is 11.9. The lowest BCUT2D eigenvalue weighted by Gasteiger charge is -2.43. The van der Waals surface area contributed by atoms with E-state index in [2.05, 4.69) is 10.3 Å². The molecule has 20 heavy (non-hydrogen) atoms. The third kappa shape index (κ3) is 2.26. The van der Waals surface area contributed by atoms with Crippen LogP contribution in [0.1, 0.15) is 32.8 Å². The summed E-state index contributed by atoms with van der Waals surface area (Å²) in [4.78, 5) is 16.0. The molecule has 1 N–H and O–H groups in total. The summed E-state index contributed by atoms with van der Waals surface area (Å²) < 4.78 is 23.7. The lowest BCUT2D eigenvalue weighted by molar-refractivity contribution is -0.132. The van der Waals surface area contributed by atoms with E-state index in [1.54, 1.807) is 18.3 Å². The van der Waals surface area contributed by atoms with E-state index in [4.69, 9.17) is 0 Å². The number of nitrogens with zero attached hydrogens (tertiary/aromatic N) is 2. The molecule has 1 saturated heterocycles. The smallest absolute Gasteiger partial charge is 0.259 e. The minimum Gasteiger partial charge on any atom is -0.370 e. The molecule has 0 atom stereocenters. The van der Waals surface area contributed by atoms with Crippen LogP contribution in [0, 0.1) is 0 Å². The van der Waals surface area contributed by atoms with Crippen molar-refractivity contribution in [3.63, 3.8) is 0 Å². The molecule has 1 amide bonds. The second-order valence-corrected chi connectivity index (χ2v) is 7.71. The Balaban J connectivity index is 2.14. The van der Waals surface area contributed by atoms with Gasteiger partial charge in [-0.2, -0.15) is 0 Å². The molecule has 6 nitrogen and oxygen atoms in total. The van der Waals surface area contributed by atoms with Gasteiger partial charge in [-0.05, 0) is 38.0 Å². The average Bonchev–Trinajstić information content (AvgIpc) is 2.42. The highest BCUT2D eigenvalue weighted by atomic mass is 32.2. The number of hydrogen-bond acceptors (Lipinski definition) is 5. The van der Waals surface area contributed by atoms with Crippen molar-refractivity contribution in [2.24, 2.45) is 0 Å². The summed E-state index contributed by atoms with van der Waals surface area (Å²) in [5.41, 5.74) is 0.742. The lowest BCUT2D eigenvalue weighted by atomic mass is 10.1. The number of sulfonamides is 1. The number of hydrogen-bond donors (Lipinski definition) is 1. The van der Waals surface area contributed by atoms with E-state index in [-0.39, 0.29) is 12.5 Å². The summed E-state index contributed by atoms with van der Waals surface area (Å²) in [6.45, 7) is 5.77. The zero-order chi connectivity index (χ0) is 15.0. The number of carbonyl (C=O) groups excluding carboxylic acids is 1. The molecular formula is C13H19N3O3S. The Morgan fingerprint density at radius 2 is 2.10 bits per heavy atom. The second-order valence-electron chi connectivity index (χ2n) is 5.30. The maximum absolute atomic E-state index is 12.0. The highest BCUT2D eigenvalue weighted by Gasteiger charge is 2.59. The van der Waals surface area contributed by atoms with Gasteiger partial charge in [-0.1, -0.05) is 6.92 Å². The first-order chi connectivity index (χ1) is 9.30. The first kappa shape index (κ1) is 14.8. The Morgan fingerprint density at radius 1 is 1.40 bits per heavy atom. The van der Waals surface area contributed by atoms with Gasteiger partial charge in [0.1, 0.15) is 5.82 Å². The standard InChI is InChI=1S/C13H19N3O3S/c1-4-6-14-11-8-10(5-7-15-11)9-16-12(17)13(2,3)20(16,18)19/h5,7-8H,4,6,9H2,1-3H3,(H,14,15). The van der Waals surface area contributed by atoms with E-state index in [9.17, 15) is 13.2 Å². The van der Waals surface area contributed by atoms with Gasteiger partial charge in [-0.3, -0.25) is 4.79 Å². The Kier molecular flexibility index (Phi) is 3.73. The Morgan fingerprint density at radius 3 is 2.70 bits per heavy atom. The molecule has 7 heteroatoms. The first-order valence-corrected chi connectivity index (χ1v) is 8.00.